The molecule has 5 aromatic rings. The van der Waals surface area contributed by atoms with Crippen molar-refractivity contribution >= 4 is 39.1 Å². The largest absolute Gasteiger partial charge is 0.491 e. The van der Waals surface area contributed by atoms with Gasteiger partial charge in [0.1, 0.15) is 35.9 Å². The number of aryl methyl sites for hydroxylation is 1. The summed E-state index contributed by atoms with van der Waals surface area (Å²) in [4.78, 5) is 27.5. The fourth-order valence-corrected chi connectivity index (χ4v) is 7.40. The predicted octanol–water partition coefficient (Wildman–Crippen LogP) is 6.58. The minimum atomic E-state index is -1.29. The van der Waals surface area contributed by atoms with Crippen molar-refractivity contribution in [2.24, 2.45) is 0 Å². The van der Waals surface area contributed by atoms with Crippen LogP contribution in [0.25, 0.3) is 21.3 Å². The number of nitrogens with zero attached hydrogens (tertiary/aromatic N) is 6. The quantitative estimate of drug-likeness (QED) is 0.111. The first kappa shape index (κ1) is 37.1. The Kier molecular flexibility index (Phi) is 12.3. The summed E-state index contributed by atoms with van der Waals surface area (Å²) in [5, 5.41) is 15.8. The lowest BCUT2D eigenvalue weighted by Gasteiger charge is -2.32. The van der Waals surface area contributed by atoms with Gasteiger partial charge < -0.3 is 24.2 Å². The van der Waals surface area contributed by atoms with Crippen molar-refractivity contribution in [3.8, 4) is 40.8 Å². The van der Waals surface area contributed by atoms with Crippen molar-refractivity contribution in [3.05, 3.63) is 81.7 Å². The maximum absolute atomic E-state index is 12.7. The van der Waals surface area contributed by atoms with Crippen LogP contribution in [0.15, 0.2) is 55.0 Å². The molecule has 1 aliphatic rings. The molecule has 0 amide bonds. The number of rotatable bonds is 16. The van der Waals surface area contributed by atoms with Crippen molar-refractivity contribution in [3.63, 3.8) is 0 Å². The molecule has 0 radical (unpaired) electrons. The second-order valence-electron chi connectivity index (χ2n) is 12.8. The number of hydrogen-bond acceptors (Lipinski definition) is 10. The Bertz CT molecular complexity index is 2050. The number of thiophene rings is 1. The molecule has 3 aromatic heterocycles. The Balaban J connectivity index is 1.24. The van der Waals surface area contributed by atoms with Gasteiger partial charge in [0.15, 0.2) is 0 Å². The molecule has 1 saturated heterocycles. The fraction of sp³-hybridized carbons (Fsp3) is 0.385. The normalized spacial score (nSPS) is 14.3. The number of benzene rings is 2. The predicted molar refractivity (Wildman–Crippen MR) is 204 cm³/mol. The molecule has 2 aromatic carbocycles. The molecule has 1 N–H and O–H groups in total. The molecule has 11 nitrogen and oxygen atoms in total. The van der Waals surface area contributed by atoms with Crippen LogP contribution in [0.2, 0.25) is 5.02 Å². The number of aliphatic carboxylic acids is 1. The summed E-state index contributed by atoms with van der Waals surface area (Å²) in [6.45, 7) is 10.6. The highest BCUT2D eigenvalue weighted by Gasteiger charge is 2.27. The van der Waals surface area contributed by atoms with Gasteiger partial charge in [-0.2, -0.15) is 5.10 Å². The Morgan fingerprint density at radius 2 is 1.88 bits per heavy atom. The average molecular weight is 743 g/mol. The number of carboxylic acid groups (broad SMARTS) is 1. The summed E-state index contributed by atoms with van der Waals surface area (Å²) >= 11 is 8.22. The summed E-state index contributed by atoms with van der Waals surface area (Å²) in [7, 11) is 2.14. The van der Waals surface area contributed by atoms with Crippen LogP contribution in [0.4, 0.5) is 0 Å². The molecule has 0 spiro atoms. The van der Waals surface area contributed by atoms with Gasteiger partial charge in [0.2, 0.25) is 12.0 Å². The number of carbonyl (C=O) groups is 1. The van der Waals surface area contributed by atoms with E-state index >= 15 is 0 Å². The summed E-state index contributed by atoms with van der Waals surface area (Å²) in [6.07, 6.45) is 9.94. The van der Waals surface area contributed by atoms with Crippen LogP contribution in [0.5, 0.6) is 17.4 Å². The first-order chi connectivity index (χ1) is 25.3. The molecular weight excluding hydrogens is 700 g/mol. The number of piperazine rings is 1. The van der Waals surface area contributed by atoms with E-state index in [1.165, 1.54) is 17.7 Å². The van der Waals surface area contributed by atoms with Crippen LogP contribution in [0, 0.1) is 19.3 Å². The van der Waals surface area contributed by atoms with E-state index in [9.17, 15) is 9.90 Å². The standard InChI is InChI=1S/C39H43ClN6O5S/c1-5-7-16-46-28(14-15-43-46)24-50-30-11-9-8-10-27(30)23-32(39(47)48)51-37-35-34(33(6-2)52-38(35)42-25-41-37)29-12-13-31(36(40)26(29)3)49-22-21-45-19-17-44(4)18-20-45/h2,8-15,25,32H,5,7,16-24H2,1,3-4H3,(H,47,48)/t32-/m1/s1. The molecule has 272 valence electrons. The van der Waals surface area contributed by atoms with E-state index in [0.717, 1.165) is 68.9 Å². The summed E-state index contributed by atoms with van der Waals surface area (Å²) < 4.78 is 20.5. The van der Waals surface area contributed by atoms with Crippen LogP contribution in [-0.4, -0.2) is 93.1 Å². The van der Waals surface area contributed by atoms with E-state index < -0.39 is 12.1 Å². The Hall–Kier alpha value is -4.67. The zero-order valence-electron chi connectivity index (χ0n) is 29.7. The summed E-state index contributed by atoms with van der Waals surface area (Å²) in [5.74, 6) is 2.90. The lowest BCUT2D eigenvalue weighted by molar-refractivity contribution is -0.145. The number of halogens is 1. The molecule has 0 unspecified atom stereocenters. The van der Waals surface area contributed by atoms with E-state index in [2.05, 4.69) is 44.8 Å². The third kappa shape index (κ3) is 8.51. The second kappa shape index (κ2) is 17.2. The molecular formula is C39H43ClN6O5S. The molecule has 0 saturated carbocycles. The molecule has 6 rings (SSSR count). The number of unbranched alkanes of at least 4 members (excludes halogenated alkanes) is 1. The maximum Gasteiger partial charge on any atom is 0.345 e. The number of aromatic nitrogens is 4. The van der Waals surface area contributed by atoms with Gasteiger partial charge in [0.05, 0.1) is 21.0 Å². The molecule has 1 atom stereocenters. The van der Waals surface area contributed by atoms with Gasteiger partial charge in [-0.15, -0.1) is 17.8 Å². The first-order valence-electron chi connectivity index (χ1n) is 17.5. The highest BCUT2D eigenvalue weighted by atomic mass is 35.5. The lowest BCUT2D eigenvalue weighted by atomic mass is 9.98. The van der Waals surface area contributed by atoms with Crippen molar-refractivity contribution < 1.29 is 24.1 Å². The second-order valence-corrected chi connectivity index (χ2v) is 14.2. The zero-order valence-corrected chi connectivity index (χ0v) is 31.3. The number of likely N-dealkylation sites (N-methyl/N-ethyl adjacent to an activating group) is 1. The van der Waals surface area contributed by atoms with Gasteiger partial charge in [-0.1, -0.05) is 55.1 Å². The van der Waals surface area contributed by atoms with Crippen LogP contribution in [-0.2, 0) is 24.4 Å². The molecule has 4 heterocycles. The summed E-state index contributed by atoms with van der Waals surface area (Å²) in [6, 6.07) is 13.1. The van der Waals surface area contributed by atoms with E-state index in [-0.39, 0.29) is 12.3 Å². The average Bonchev–Trinajstić information content (AvgIpc) is 3.77. The monoisotopic (exact) mass is 742 g/mol. The topological polar surface area (TPSA) is 115 Å². The van der Waals surface area contributed by atoms with Crippen molar-refractivity contribution in [1.82, 2.24) is 29.5 Å². The zero-order chi connectivity index (χ0) is 36.6. The number of ether oxygens (including phenoxy) is 3. The number of carboxylic acids is 1. The maximum atomic E-state index is 12.7. The van der Waals surface area contributed by atoms with Crippen LogP contribution < -0.4 is 14.2 Å². The molecule has 1 fully saturated rings. The Labute approximate surface area is 313 Å². The van der Waals surface area contributed by atoms with Gasteiger partial charge in [0, 0.05) is 57.4 Å². The summed E-state index contributed by atoms with van der Waals surface area (Å²) in [5.41, 5.74) is 3.81. The van der Waals surface area contributed by atoms with Gasteiger partial charge >= 0.3 is 5.97 Å². The molecule has 13 heteroatoms. The van der Waals surface area contributed by atoms with Crippen molar-refractivity contribution in [2.75, 3.05) is 46.4 Å². The minimum Gasteiger partial charge on any atom is -0.491 e. The first-order valence-corrected chi connectivity index (χ1v) is 18.6. The highest BCUT2D eigenvalue weighted by Crippen LogP contribution is 2.45. The molecule has 1 aliphatic heterocycles. The van der Waals surface area contributed by atoms with Gasteiger partial charge in [-0.25, -0.2) is 14.8 Å². The number of fused-ring (bicyclic) bond motifs is 1. The smallest absolute Gasteiger partial charge is 0.345 e. The SMILES string of the molecule is C#Cc1sc2ncnc(O[C@H](Cc3ccccc3OCc3ccnn3CCCC)C(=O)O)c2c1-c1ccc(OCCN2CCN(C)CC2)c(Cl)c1C. The molecule has 52 heavy (non-hydrogen) atoms. The van der Waals surface area contributed by atoms with Crippen LogP contribution >= 0.6 is 22.9 Å². The van der Waals surface area contributed by atoms with Crippen molar-refractivity contribution in [2.45, 2.75) is 52.4 Å². The minimum absolute atomic E-state index is 0.0264. The van der Waals surface area contributed by atoms with Crippen LogP contribution in [0.3, 0.4) is 0 Å². The van der Waals surface area contributed by atoms with Crippen LogP contribution in [0.1, 0.15) is 41.5 Å². The number of terminal acetylenes is 1. The molecule has 0 aliphatic carbocycles. The van der Waals surface area contributed by atoms with E-state index in [1.54, 1.807) is 6.20 Å². The third-order valence-corrected chi connectivity index (χ3v) is 10.8. The Morgan fingerprint density at radius 3 is 2.65 bits per heavy atom. The third-order valence-electron chi connectivity index (χ3n) is 9.28. The van der Waals surface area contributed by atoms with Gasteiger partial charge in [0.25, 0.3) is 0 Å². The lowest BCUT2D eigenvalue weighted by Crippen LogP contribution is -2.45. The van der Waals surface area contributed by atoms with E-state index in [1.807, 2.05) is 54.1 Å². The number of hydrogen-bond donors (Lipinski definition) is 1. The van der Waals surface area contributed by atoms with E-state index in [4.69, 9.17) is 32.2 Å². The van der Waals surface area contributed by atoms with E-state index in [0.29, 0.717) is 56.0 Å². The van der Waals surface area contributed by atoms with Gasteiger partial charge in [-0.3, -0.25) is 9.58 Å². The molecule has 0 bridgehead atoms. The number of para-hydroxylation sites is 1. The highest BCUT2D eigenvalue weighted by molar-refractivity contribution is 7.19. The van der Waals surface area contributed by atoms with Crippen molar-refractivity contribution in [1.29, 1.82) is 0 Å². The van der Waals surface area contributed by atoms with Gasteiger partial charge in [-0.05, 0) is 55.3 Å². The Morgan fingerprint density at radius 1 is 1.08 bits per heavy atom. The fourth-order valence-electron chi connectivity index (χ4n) is 6.22.